The molecule has 1 unspecified atom stereocenters. The zero-order valence-corrected chi connectivity index (χ0v) is 23.0. The van der Waals surface area contributed by atoms with Gasteiger partial charge in [0.05, 0.1) is 15.7 Å². The second-order valence-electron chi connectivity index (χ2n) is 8.89. The van der Waals surface area contributed by atoms with Crippen molar-refractivity contribution in [1.29, 1.82) is 5.41 Å². The van der Waals surface area contributed by atoms with Crippen molar-refractivity contribution in [3.8, 4) is 11.1 Å². The van der Waals surface area contributed by atoms with Crippen molar-refractivity contribution < 1.29 is 19.5 Å². The molecule has 0 aliphatic carbocycles. The van der Waals surface area contributed by atoms with Crippen molar-refractivity contribution in [2.45, 2.75) is 31.8 Å². The van der Waals surface area contributed by atoms with E-state index in [1.54, 1.807) is 30.3 Å². The summed E-state index contributed by atoms with van der Waals surface area (Å²) >= 11 is 12.2. The van der Waals surface area contributed by atoms with Crippen LogP contribution in [0.1, 0.15) is 24.8 Å². The van der Waals surface area contributed by atoms with Crippen molar-refractivity contribution in [3.05, 3.63) is 88.4 Å². The van der Waals surface area contributed by atoms with E-state index in [1.807, 2.05) is 42.5 Å². The number of carbonyl (C=O) groups is 3. The van der Waals surface area contributed by atoms with E-state index in [4.69, 9.17) is 45.2 Å². The first-order valence-electron chi connectivity index (χ1n) is 12.4. The fraction of sp³-hybridized carbons (Fsp3) is 0.214. The van der Waals surface area contributed by atoms with Gasteiger partial charge in [0.25, 0.3) is 5.91 Å². The van der Waals surface area contributed by atoms with E-state index in [-0.39, 0.29) is 25.9 Å². The molecule has 1 atom stereocenters. The number of nitrogens with two attached hydrogens (primary N) is 2. The Bertz CT molecular complexity index is 1370. The molecule has 40 heavy (non-hydrogen) atoms. The summed E-state index contributed by atoms with van der Waals surface area (Å²) in [6.07, 6.45) is -0.354. The van der Waals surface area contributed by atoms with Crippen molar-refractivity contribution in [1.82, 2.24) is 10.3 Å². The number of anilines is 1. The maximum atomic E-state index is 13.6. The molecule has 0 heterocycles. The highest BCUT2D eigenvalue weighted by Crippen LogP contribution is 2.31. The van der Waals surface area contributed by atoms with Crippen LogP contribution < -0.4 is 21.9 Å². The summed E-state index contributed by atoms with van der Waals surface area (Å²) < 4.78 is 0. The Morgan fingerprint density at radius 3 is 2.27 bits per heavy atom. The number of halogens is 2. The number of guanidine groups is 1. The summed E-state index contributed by atoms with van der Waals surface area (Å²) in [5.74, 6) is -3.03. The quantitative estimate of drug-likeness (QED) is 0.0927. The molecule has 3 aromatic carbocycles. The molecule has 0 aromatic heterocycles. The van der Waals surface area contributed by atoms with E-state index < -0.39 is 36.2 Å². The number of hydrogen-bond donors (Lipinski definition) is 5. The van der Waals surface area contributed by atoms with Crippen LogP contribution in [0.15, 0.2) is 72.8 Å². The predicted octanol–water partition coefficient (Wildman–Crippen LogP) is 4.00. The van der Waals surface area contributed by atoms with Crippen molar-refractivity contribution in [2.24, 2.45) is 11.5 Å². The molecule has 0 spiro atoms. The highest BCUT2D eigenvalue weighted by atomic mass is 35.5. The molecular formula is C28H30Cl2N6O4. The summed E-state index contributed by atoms with van der Waals surface area (Å²) in [6, 6.07) is 20.7. The van der Waals surface area contributed by atoms with E-state index in [2.05, 4.69) is 5.43 Å². The number of carboxylic acids is 1. The zero-order chi connectivity index (χ0) is 29.2. The Balaban J connectivity index is 1.87. The molecule has 0 radical (unpaired) electrons. The van der Waals surface area contributed by atoms with Crippen LogP contribution in [-0.4, -0.2) is 46.3 Å². The van der Waals surface area contributed by atoms with Gasteiger partial charge in [-0.15, -0.1) is 0 Å². The first kappa shape index (κ1) is 30.6. The van der Waals surface area contributed by atoms with Crippen molar-refractivity contribution in [3.63, 3.8) is 0 Å². The number of carboxylic acid groups (broad SMARTS) is 1. The Morgan fingerprint density at radius 1 is 0.950 bits per heavy atom. The van der Waals surface area contributed by atoms with E-state index in [0.29, 0.717) is 15.7 Å². The van der Waals surface area contributed by atoms with Gasteiger partial charge in [-0.05, 0) is 42.2 Å². The molecule has 0 aliphatic heterocycles. The van der Waals surface area contributed by atoms with E-state index in [1.165, 1.54) is 5.01 Å². The number of hydrogen-bond acceptors (Lipinski definition) is 6. The highest BCUT2D eigenvalue weighted by Gasteiger charge is 2.26. The summed E-state index contributed by atoms with van der Waals surface area (Å²) in [6.45, 7) is 0.128. The second-order valence-corrected chi connectivity index (χ2v) is 9.70. The molecule has 0 saturated heterocycles. The molecule has 210 valence electrons. The molecule has 3 rings (SSSR count). The first-order valence-corrected chi connectivity index (χ1v) is 13.1. The summed E-state index contributed by atoms with van der Waals surface area (Å²) in [5.41, 5.74) is 17.1. The lowest BCUT2D eigenvalue weighted by molar-refractivity contribution is -0.138. The number of nitrogens with one attached hydrogen (secondary N) is 2. The van der Waals surface area contributed by atoms with Crippen LogP contribution in [0, 0.1) is 5.41 Å². The van der Waals surface area contributed by atoms with Gasteiger partial charge < -0.3 is 16.6 Å². The lowest BCUT2D eigenvalue weighted by Gasteiger charge is -2.27. The third-order valence-corrected chi connectivity index (χ3v) is 6.75. The van der Waals surface area contributed by atoms with Gasteiger partial charge in [-0.2, -0.15) is 0 Å². The molecule has 3 aromatic rings. The smallest absolute Gasteiger partial charge is 0.320 e. The number of hydrazine groups is 1. The Labute approximate surface area is 241 Å². The SMILES string of the molecule is N=C(N)N(CCCC(N)C(=O)O)C(=O)CC(=O)N(NCc1ccc(Cl)c(Cl)c1)c1ccccc1-c1ccccc1. The van der Waals surface area contributed by atoms with Gasteiger partial charge in [0.2, 0.25) is 5.91 Å². The van der Waals surface area contributed by atoms with Gasteiger partial charge in [-0.1, -0.05) is 77.8 Å². The number of para-hydroxylation sites is 1. The molecule has 0 saturated carbocycles. The van der Waals surface area contributed by atoms with Gasteiger partial charge in [-0.3, -0.25) is 24.7 Å². The average Bonchev–Trinajstić information content (AvgIpc) is 2.93. The van der Waals surface area contributed by atoms with Crippen LogP contribution in [0.4, 0.5) is 5.69 Å². The highest BCUT2D eigenvalue weighted by molar-refractivity contribution is 6.42. The van der Waals surface area contributed by atoms with Gasteiger partial charge in [0.15, 0.2) is 5.96 Å². The number of nitrogens with zero attached hydrogens (tertiary/aromatic N) is 2. The summed E-state index contributed by atoms with van der Waals surface area (Å²) in [5, 5.41) is 18.8. The predicted molar refractivity (Wildman–Crippen MR) is 156 cm³/mol. The fourth-order valence-corrected chi connectivity index (χ4v) is 4.25. The van der Waals surface area contributed by atoms with Crippen LogP contribution in [-0.2, 0) is 20.9 Å². The average molecular weight is 585 g/mol. The minimum Gasteiger partial charge on any atom is -0.480 e. The largest absolute Gasteiger partial charge is 0.480 e. The van der Waals surface area contributed by atoms with E-state index >= 15 is 0 Å². The summed E-state index contributed by atoms with van der Waals surface area (Å²) in [7, 11) is 0. The molecule has 7 N–H and O–H groups in total. The van der Waals surface area contributed by atoms with Crippen LogP contribution in [0.3, 0.4) is 0 Å². The molecule has 12 heteroatoms. The van der Waals surface area contributed by atoms with Gasteiger partial charge >= 0.3 is 5.97 Å². The number of amides is 2. The van der Waals surface area contributed by atoms with E-state index in [9.17, 15) is 14.4 Å². The van der Waals surface area contributed by atoms with Crippen LogP contribution in [0.2, 0.25) is 10.0 Å². The zero-order valence-electron chi connectivity index (χ0n) is 21.5. The fourth-order valence-electron chi connectivity index (χ4n) is 3.93. The maximum Gasteiger partial charge on any atom is 0.320 e. The third-order valence-electron chi connectivity index (χ3n) is 6.01. The molecule has 10 nitrogen and oxygen atoms in total. The van der Waals surface area contributed by atoms with Crippen LogP contribution >= 0.6 is 23.2 Å². The van der Waals surface area contributed by atoms with Gasteiger partial charge in [-0.25, -0.2) is 10.4 Å². The van der Waals surface area contributed by atoms with Crippen molar-refractivity contribution in [2.75, 3.05) is 11.6 Å². The molecule has 0 aliphatic rings. The number of benzene rings is 3. The van der Waals surface area contributed by atoms with Gasteiger partial charge in [0.1, 0.15) is 12.5 Å². The lowest BCUT2D eigenvalue weighted by Crippen LogP contribution is -2.48. The molecule has 2 amide bonds. The summed E-state index contributed by atoms with van der Waals surface area (Å²) in [4.78, 5) is 38.7. The lowest BCUT2D eigenvalue weighted by atomic mass is 10.0. The van der Waals surface area contributed by atoms with E-state index in [0.717, 1.165) is 21.6 Å². The topological polar surface area (TPSA) is 166 Å². The number of rotatable bonds is 12. The minimum absolute atomic E-state index is 0.0558. The Morgan fingerprint density at radius 2 is 1.62 bits per heavy atom. The molecule has 0 fully saturated rings. The van der Waals surface area contributed by atoms with Crippen LogP contribution in [0.25, 0.3) is 11.1 Å². The molecular weight excluding hydrogens is 555 g/mol. The number of aliphatic carboxylic acids is 1. The maximum absolute atomic E-state index is 13.6. The molecule has 0 bridgehead atoms. The monoisotopic (exact) mass is 584 g/mol. The normalized spacial score (nSPS) is 11.5. The minimum atomic E-state index is -1.17. The Kier molecular flexibility index (Phi) is 11.0. The van der Waals surface area contributed by atoms with Crippen molar-refractivity contribution >= 4 is 52.6 Å². The van der Waals surface area contributed by atoms with Gasteiger partial charge in [0, 0.05) is 18.7 Å². The van der Waals surface area contributed by atoms with Crippen LogP contribution in [0.5, 0.6) is 0 Å². The number of carbonyl (C=O) groups excluding carboxylic acids is 2. The third kappa shape index (κ3) is 8.27. The first-order chi connectivity index (χ1) is 19.1. The Hall–Kier alpha value is -3.96. The standard InChI is InChI=1S/C28H30Cl2N6O4/c29-21-13-12-18(15-22(21)30)17-34-36(24-11-5-4-9-20(24)19-7-2-1-3-8-19)26(38)16-25(37)35(28(32)33)14-6-10-23(31)27(39)40/h1-5,7-9,11-13,15,23,34H,6,10,14,16-17,31H2,(H3,32,33)(H,39,40). The second kappa shape index (κ2) is 14.4.